The van der Waals surface area contributed by atoms with Gasteiger partial charge in [0.25, 0.3) is 0 Å². The fraction of sp³-hybridized carbons (Fsp3) is 0.864. The second kappa shape index (κ2) is 17.5. The highest BCUT2D eigenvalue weighted by atomic mass is 127. The minimum absolute atomic E-state index is 0. The Balaban J connectivity index is 0.00000900. The molecule has 9 heteroatoms. The van der Waals surface area contributed by atoms with Crippen LogP contribution in [0.25, 0.3) is 0 Å². The number of ether oxygens (including phenoxy) is 1. The van der Waals surface area contributed by atoms with E-state index in [-0.39, 0.29) is 48.4 Å². The average molecular weight is 554 g/mol. The van der Waals surface area contributed by atoms with Crippen LogP contribution in [0.4, 0.5) is 0 Å². The lowest BCUT2D eigenvalue weighted by atomic mass is 9.99. The lowest BCUT2D eigenvalue weighted by Gasteiger charge is -2.33. The van der Waals surface area contributed by atoms with Gasteiger partial charge in [-0.05, 0) is 25.2 Å². The number of piperidine rings is 1. The molecule has 1 rings (SSSR count). The molecule has 1 fully saturated rings. The van der Waals surface area contributed by atoms with Crippen LogP contribution in [0.2, 0.25) is 0 Å². The Bertz CT molecular complexity index is 537. The molecule has 1 aliphatic heterocycles. The van der Waals surface area contributed by atoms with E-state index in [9.17, 15) is 9.59 Å². The standard InChI is InChI=1S/C22H43N5O3.HI/c1-6-8-9-18(7-2)16-23-22(24-17-21(29)26(3)4)25-19-10-13-27(14-11-19)20(28)12-15-30-5;/h18-19H,6-17H2,1-5H3,(H2,23,24,25);1H. The highest BCUT2D eigenvalue weighted by molar-refractivity contribution is 14.0. The molecule has 0 spiro atoms. The third-order valence-corrected chi connectivity index (χ3v) is 5.68. The quantitative estimate of drug-likeness (QED) is 0.220. The molecule has 2 N–H and O–H groups in total. The summed E-state index contributed by atoms with van der Waals surface area (Å²) in [4.78, 5) is 32.2. The molecule has 0 aliphatic carbocycles. The molecule has 182 valence electrons. The lowest BCUT2D eigenvalue weighted by molar-refractivity contribution is -0.133. The summed E-state index contributed by atoms with van der Waals surface area (Å²) in [6, 6.07) is 0.243. The number of carbonyl (C=O) groups excluding carboxylic acids is 2. The van der Waals surface area contributed by atoms with Crippen LogP contribution < -0.4 is 10.6 Å². The Labute approximate surface area is 205 Å². The van der Waals surface area contributed by atoms with Crippen LogP contribution in [0.3, 0.4) is 0 Å². The maximum Gasteiger partial charge on any atom is 0.243 e. The maximum atomic E-state index is 12.2. The maximum absolute atomic E-state index is 12.2. The summed E-state index contributed by atoms with van der Waals surface area (Å²) < 4.78 is 5.01. The Hall–Kier alpha value is -1.10. The van der Waals surface area contributed by atoms with Crippen molar-refractivity contribution in [2.24, 2.45) is 10.9 Å². The van der Waals surface area contributed by atoms with Gasteiger partial charge < -0.3 is 25.2 Å². The SMILES string of the molecule is CCCCC(CC)CNC(=NCC(=O)N(C)C)NC1CCN(C(=O)CCOC)CC1.I. The average Bonchev–Trinajstić information content (AvgIpc) is 2.75. The van der Waals surface area contributed by atoms with Crippen LogP contribution in [0.5, 0.6) is 0 Å². The molecular formula is C22H44IN5O3. The number of unbranched alkanes of at least 4 members (excludes halogenated alkanes) is 1. The smallest absolute Gasteiger partial charge is 0.243 e. The molecule has 1 heterocycles. The first-order valence-corrected chi connectivity index (χ1v) is 11.4. The summed E-state index contributed by atoms with van der Waals surface area (Å²) in [5.74, 6) is 1.43. The molecule has 0 aromatic heterocycles. The predicted molar refractivity (Wildman–Crippen MR) is 137 cm³/mol. The van der Waals surface area contributed by atoms with Crippen LogP contribution in [-0.4, -0.2) is 87.6 Å². The van der Waals surface area contributed by atoms with Crippen molar-refractivity contribution in [2.45, 2.75) is 64.8 Å². The number of hydrogen-bond acceptors (Lipinski definition) is 4. The summed E-state index contributed by atoms with van der Waals surface area (Å²) >= 11 is 0. The molecule has 1 aliphatic rings. The number of likely N-dealkylation sites (tertiary alicyclic amines) is 1. The van der Waals surface area contributed by atoms with Crippen molar-refractivity contribution >= 4 is 41.8 Å². The van der Waals surface area contributed by atoms with Crippen LogP contribution in [0.1, 0.15) is 58.8 Å². The minimum Gasteiger partial charge on any atom is -0.384 e. The van der Waals surface area contributed by atoms with Crippen molar-refractivity contribution in [3.8, 4) is 0 Å². The Kier molecular flexibility index (Phi) is 16.8. The summed E-state index contributed by atoms with van der Waals surface area (Å²) in [5, 5.41) is 6.95. The first-order chi connectivity index (χ1) is 14.4. The molecule has 1 unspecified atom stereocenters. The number of methoxy groups -OCH3 is 1. The van der Waals surface area contributed by atoms with E-state index >= 15 is 0 Å². The molecule has 0 aromatic carbocycles. The third kappa shape index (κ3) is 12.5. The molecule has 1 atom stereocenters. The lowest BCUT2D eigenvalue weighted by Crippen LogP contribution is -2.50. The van der Waals surface area contributed by atoms with Crippen LogP contribution >= 0.6 is 24.0 Å². The minimum atomic E-state index is -0.0207. The number of nitrogens with one attached hydrogen (secondary N) is 2. The molecule has 2 amide bonds. The number of guanidine groups is 1. The molecule has 0 radical (unpaired) electrons. The molecule has 31 heavy (non-hydrogen) atoms. The molecular weight excluding hydrogens is 509 g/mol. The van der Waals surface area contributed by atoms with Crippen molar-refractivity contribution in [3.05, 3.63) is 0 Å². The second-order valence-corrected chi connectivity index (χ2v) is 8.29. The van der Waals surface area contributed by atoms with E-state index in [1.807, 2.05) is 4.90 Å². The van der Waals surface area contributed by atoms with Gasteiger partial charge in [0.1, 0.15) is 6.54 Å². The van der Waals surface area contributed by atoms with E-state index in [0.717, 1.165) is 38.9 Å². The largest absolute Gasteiger partial charge is 0.384 e. The molecule has 0 aromatic rings. The normalized spacial score (nSPS) is 15.8. The van der Waals surface area contributed by atoms with E-state index < -0.39 is 0 Å². The summed E-state index contributed by atoms with van der Waals surface area (Å²) in [7, 11) is 5.10. The van der Waals surface area contributed by atoms with Gasteiger partial charge in [-0.2, -0.15) is 0 Å². The van der Waals surface area contributed by atoms with Gasteiger partial charge in [-0.1, -0.05) is 33.1 Å². The molecule has 0 saturated carbocycles. The number of likely N-dealkylation sites (N-methyl/N-ethyl adjacent to an activating group) is 1. The van der Waals surface area contributed by atoms with Gasteiger partial charge >= 0.3 is 0 Å². The monoisotopic (exact) mass is 553 g/mol. The van der Waals surface area contributed by atoms with Gasteiger partial charge in [0.2, 0.25) is 11.8 Å². The summed E-state index contributed by atoms with van der Waals surface area (Å²) in [5.41, 5.74) is 0. The highest BCUT2D eigenvalue weighted by Crippen LogP contribution is 2.13. The number of halogens is 1. The second-order valence-electron chi connectivity index (χ2n) is 8.29. The van der Waals surface area contributed by atoms with E-state index in [1.165, 1.54) is 19.3 Å². The first kappa shape index (κ1) is 29.9. The van der Waals surface area contributed by atoms with Crippen LogP contribution in [0, 0.1) is 5.92 Å². The Morgan fingerprint density at radius 2 is 1.90 bits per heavy atom. The number of rotatable bonds is 12. The van der Waals surface area contributed by atoms with Gasteiger partial charge in [-0.25, -0.2) is 4.99 Å². The summed E-state index contributed by atoms with van der Waals surface area (Å²) in [6.45, 7) is 7.35. The van der Waals surface area contributed by atoms with Crippen LogP contribution in [-0.2, 0) is 14.3 Å². The van der Waals surface area contributed by atoms with Crippen molar-refractivity contribution < 1.29 is 14.3 Å². The number of carbonyl (C=O) groups is 2. The zero-order valence-corrected chi connectivity index (χ0v) is 22.4. The molecule has 1 saturated heterocycles. The fourth-order valence-corrected chi connectivity index (χ4v) is 3.44. The van der Waals surface area contributed by atoms with E-state index in [2.05, 4.69) is 29.5 Å². The van der Waals surface area contributed by atoms with Gasteiger partial charge in [0, 0.05) is 46.9 Å². The van der Waals surface area contributed by atoms with Crippen molar-refractivity contribution in [1.82, 2.24) is 20.4 Å². The van der Waals surface area contributed by atoms with Gasteiger partial charge in [-0.3, -0.25) is 9.59 Å². The molecule has 8 nitrogen and oxygen atoms in total. The van der Waals surface area contributed by atoms with Crippen molar-refractivity contribution in [3.63, 3.8) is 0 Å². The Morgan fingerprint density at radius 1 is 1.23 bits per heavy atom. The van der Waals surface area contributed by atoms with E-state index in [0.29, 0.717) is 24.9 Å². The van der Waals surface area contributed by atoms with Gasteiger partial charge in [0.05, 0.1) is 13.0 Å². The highest BCUT2D eigenvalue weighted by Gasteiger charge is 2.23. The number of aliphatic imine (C=N–C) groups is 1. The topological polar surface area (TPSA) is 86.3 Å². The van der Waals surface area contributed by atoms with Crippen molar-refractivity contribution in [1.29, 1.82) is 0 Å². The molecule has 0 bridgehead atoms. The van der Waals surface area contributed by atoms with E-state index in [1.54, 1.807) is 26.1 Å². The number of hydrogen-bond donors (Lipinski definition) is 2. The van der Waals surface area contributed by atoms with Crippen LogP contribution in [0.15, 0.2) is 4.99 Å². The number of nitrogens with zero attached hydrogens (tertiary/aromatic N) is 3. The zero-order valence-electron chi connectivity index (χ0n) is 20.1. The zero-order chi connectivity index (χ0) is 22.4. The fourth-order valence-electron chi connectivity index (χ4n) is 3.44. The van der Waals surface area contributed by atoms with E-state index in [4.69, 9.17) is 4.74 Å². The first-order valence-electron chi connectivity index (χ1n) is 11.4. The van der Waals surface area contributed by atoms with Crippen molar-refractivity contribution in [2.75, 3.05) is 54.0 Å². The van der Waals surface area contributed by atoms with Gasteiger partial charge in [-0.15, -0.1) is 24.0 Å². The predicted octanol–water partition coefficient (Wildman–Crippen LogP) is 2.47. The van der Waals surface area contributed by atoms with Gasteiger partial charge in [0.15, 0.2) is 5.96 Å². The number of amides is 2. The third-order valence-electron chi connectivity index (χ3n) is 5.68. The summed E-state index contributed by atoms with van der Waals surface area (Å²) in [6.07, 6.45) is 6.93. The Morgan fingerprint density at radius 3 is 2.45 bits per heavy atom.